The average Bonchev–Trinajstić information content (AvgIpc) is 2.99. The summed E-state index contributed by atoms with van der Waals surface area (Å²) in [5.41, 5.74) is 0.191. The number of thiophene rings is 1. The van der Waals surface area contributed by atoms with Crippen molar-refractivity contribution in [1.29, 1.82) is 0 Å². The lowest BCUT2D eigenvalue weighted by molar-refractivity contribution is 0.137. The molecule has 0 aliphatic heterocycles. The van der Waals surface area contributed by atoms with Gasteiger partial charge in [-0.3, -0.25) is 4.99 Å². The van der Waals surface area contributed by atoms with Gasteiger partial charge in [0.25, 0.3) is 0 Å². The molecule has 24 heavy (non-hydrogen) atoms. The van der Waals surface area contributed by atoms with E-state index in [2.05, 4.69) is 23.6 Å². The lowest BCUT2D eigenvalue weighted by Gasteiger charge is -2.35. The van der Waals surface area contributed by atoms with Gasteiger partial charge in [-0.25, -0.2) is 0 Å². The van der Waals surface area contributed by atoms with Crippen molar-refractivity contribution >= 4 is 28.9 Å². The monoisotopic (exact) mass is 371 g/mol. The van der Waals surface area contributed by atoms with E-state index in [1.807, 2.05) is 6.07 Å². The fraction of sp³-hybridized carbons (Fsp3) is 0.722. The summed E-state index contributed by atoms with van der Waals surface area (Å²) in [4.78, 5) is 6.11. The standard InChI is InChI=1S/C18H30ClN3OS/c1-2-20-17(21-12-8-15-6-7-16(19)24-15)22-14-18(11-13-23)9-4-3-5-10-18/h6-7,23H,2-5,8-14H2,1H3,(H2,20,21,22). The third-order valence-corrected chi connectivity index (χ3v) is 6.06. The number of rotatable bonds is 8. The number of hydrogen-bond acceptors (Lipinski definition) is 3. The molecule has 0 radical (unpaired) electrons. The average molecular weight is 372 g/mol. The third kappa shape index (κ3) is 6.26. The number of nitrogens with zero attached hydrogens (tertiary/aromatic N) is 1. The second-order valence-corrected chi connectivity index (χ2v) is 8.41. The van der Waals surface area contributed by atoms with Gasteiger partial charge in [0.1, 0.15) is 0 Å². The van der Waals surface area contributed by atoms with Crippen LogP contribution in [0.3, 0.4) is 0 Å². The van der Waals surface area contributed by atoms with Gasteiger partial charge in [-0.2, -0.15) is 0 Å². The Morgan fingerprint density at radius 2 is 2.08 bits per heavy atom. The maximum atomic E-state index is 9.43. The summed E-state index contributed by atoms with van der Waals surface area (Å²) >= 11 is 7.61. The lowest BCUT2D eigenvalue weighted by atomic mass is 9.72. The summed E-state index contributed by atoms with van der Waals surface area (Å²) in [5, 5.41) is 16.2. The van der Waals surface area contributed by atoms with Crippen LogP contribution in [0.5, 0.6) is 0 Å². The molecular weight excluding hydrogens is 342 g/mol. The Kier molecular flexibility index (Phi) is 8.36. The van der Waals surface area contributed by atoms with Crippen molar-refractivity contribution in [2.45, 2.75) is 51.9 Å². The number of guanidine groups is 1. The van der Waals surface area contributed by atoms with Gasteiger partial charge in [0.15, 0.2) is 5.96 Å². The first-order valence-corrected chi connectivity index (χ1v) is 10.2. The Balaban J connectivity index is 1.88. The first-order valence-electron chi connectivity index (χ1n) is 9.05. The van der Waals surface area contributed by atoms with E-state index in [0.717, 1.165) is 42.8 Å². The quantitative estimate of drug-likeness (QED) is 0.480. The van der Waals surface area contributed by atoms with Crippen molar-refractivity contribution in [2.24, 2.45) is 10.4 Å². The molecule has 1 aromatic rings. The highest BCUT2D eigenvalue weighted by atomic mass is 35.5. The van der Waals surface area contributed by atoms with E-state index >= 15 is 0 Å². The predicted octanol–water partition coefficient (Wildman–Crippen LogP) is 3.83. The molecule has 4 nitrogen and oxygen atoms in total. The van der Waals surface area contributed by atoms with Gasteiger partial charge < -0.3 is 15.7 Å². The van der Waals surface area contributed by atoms with Crippen LogP contribution >= 0.6 is 22.9 Å². The Labute approximate surface area is 154 Å². The molecule has 0 amide bonds. The summed E-state index contributed by atoms with van der Waals surface area (Å²) in [6.45, 7) is 4.84. The van der Waals surface area contributed by atoms with Gasteiger partial charge in [0, 0.05) is 31.1 Å². The van der Waals surface area contributed by atoms with Crippen molar-refractivity contribution in [3.05, 3.63) is 21.3 Å². The number of aliphatic imine (C=N–C) groups is 1. The molecule has 2 rings (SSSR count). The second-order valence-electron chi connectivity index (χ2n) is 6.61. The largest absolute Gasteiger partial charge is 0.396 e. The van der Waals surface area contributed by atoms with E-state index in [9.17, 15) is 5.11 Å². The van der Waals surface area contributed by atoms with Crippen LogP contribution in [0.15, 0.2) is 17.1 Å². The molecular formula is C18H30ClN3OS. The van der Waals surface area contributed by atoms with Crippen molar-refractivity contribution < 1.29 is 5.11 Å². The number of nitrogens with one attached hydrogen (secondary N) is 2. The summed E-state index contributed by atoms with van der Waals surface area (Å²) in [5.74, 6) is 0.878. The van der Waals surface area contributed by atoms with Crippen LogP contribution in [-0.4, -0.2) is 37.3 Å². The molecule has 0 aromatic carbocycles. The van der Waals surface area contributed by atoms with Crippen LogP contribution in [0.25, 0.3) is 0 Å². The third-order valence-electron chi connectivity index (χ3n) is 4.77. The van der Waals surface area contributed by atoms with Crippen molar-refractivity contribution in [3.63, 3.8) is 0 Å². The maximum Gasteiger partial charge on any atom is 0.191 e. The van der Waals surface area contributed by atoms with Crippen LogP contribution in [-0.2, 0) is 6.42 Å². The summed E-state index contributed by atoms with van der Waals surface area (Å²) < 4.78 is 0.841. The summed E-state index contributed by atoms with van der Waals surface area (Å²) in [7, 11) is 0. The van der Waals surface area contributed by atoms with E-state index in [1.165, 1.54) is 37.0 Å². The van der Waals surface area contributed by atoms with E-state index in [4.69, 9.17) is 16.6 Å². The molecule has 0 atom stereocenters. The zero-order chi connectivity index (χ0) is 17.3. The van der Waals surface area contributed by atoms with Crippen LogP contribution in [0.2, 0.25) is 4.34 Å². The highest BCUT2D eigenvalue weighted by Gasteiger charge is 2.31. The molecule has 1 aliphatic rings. The van der Waals surface area contributed by atoms with Crippen molar-refractivity contribution in [3.8, 4) is 0 Å². The highest BCUT2D eigenvalue weighted by Crippen LogP contribution is 2.39. The molecule has 1 saturated carbocycles. The smallest absolute Gasteiger partial charge is 0.191 e. The van der Waals surface area contributed by atoms with Gasteiger partial charge in [0.2, 0.25) is 0 Å². The van der Waals surface area contributed by atoms with Crippen molar-refractivity contribution in [1.82, 2.24) is 10.6 Å². The summed E-state index contributed by atoms with van der Waals surface area (Å²) in [6.07, 6.45) is 8.03. The van der Waals surface area contributed by atoms with Crippen molar-refractivity contribution in [2.75, 3.05) is 26.2 Å². The lowest BCUT2D eigenvalue weighted by Crippen LogP contribution is -2.40. The Bertz CT molecular complexity index is 507. The minimum atomic E-state index is 0.191. The van der Waals surface area contributed by atoms with Gasteiger partial charge in [-0.05, 0) is 50.2 Å². The van der Waals surface area contributed by atoms with Crippen LogP contribution in [0.1, 0.15) is 50.3 Å². The van der Waals surface area contributed by atoms with Gasteiger partial charge in [0.05, 0.1) is 4.34 Å². The van der Waals surface area contributed by atoms with Gasteiger partial charge in [-0.15, -0.1) is 11.3 Å². The molecule has 3 N–H and O–H groups in total. The molecule has 1 aromatic heterocycles. The number of halogens is 1. The SMILES string of the molecule is CCNC(=NCC1(CCO)CCCCC1)NCCc1ccc(Cl)s1. The molecule has 0 bridgehead atoms. The van der Waals surface area contributed by atoms with Crippen LogP contribution in [0, 0.1) is 5.41 Å². The fourth-order valence-electron chi connectivity index (χ4n) is 3.40. The van der Waals surface area contributed by atoms with E-state index in [0.29, 0.717) is 0 Å². The Hall–Kier alpha value is -0.780. The normalized spacial score (nSPS) is 17.7. The molecule has 1 heterocycles. The number of hydrogen-bond donors (Lipinski definition) is 3. The fourth-order valence-corrected chi connectivity index (χ4v) is 4.49. The highest BCUT2D eigenvalue weighted by molar-refractivity contribution is 7.16. The molecule has 1 aliphatic carbocycles. The number of aliphatic hydroxyl groups is 1. The molecule has 0 saturated heterocycles. The zero-order valence-corrected chi connectivity index (χ0v) is 16.2. The molecule has 6 heteroatoms. The van der Waals surface area contributed by atoms with E-state index in [1.54, 1.807) is 11.3 Å². The zero-order valence-electron chi connectivity index (χ0n) is 14.6. The predicted molar refractivity (Wildman–Crippen MR) is 104 cm³/mol. The summed E-state index contributed by atoms with van der Waals surface area (Å²) in [6, 6.07) is 4.03. The van der Waals surface area contributed by atoms with Gasteiger partial charge in [-0.1, -0.05) is 30.9 Å². The Morgan fingerprint density at radius 3 is 2.71 bits per heavy atom. The Morgan fingerprint density at radius 1 is 1.29 bits per heavy atom. The minimum Gasteiger partial charge on any atom is -0.396 e. The van der Waals surface area contributed by atoms with Crippen LogP contribution in [0.4, 0.5) is 0 Å². The van der Waals surface area contributed by atoms with Crippen LogP contribution < -0.4 is 10.6 Å². The van der Waals surface area contributed by atoms with E-state index < -0.39 is 0 Å². The maximum absolute atomic E-state index is 9.43. The second kappa shape index (κ2) is 10.3. The molecule has 136 valence electrons. The minimum absolute atomic E-state index is 0.191. The molecule has 0 spiro atoms. The topological polar surface area (TPSA) is 56.7 Å². The molecule has 0 unspecified atom stereocenters. The first kappa shape index (κ1) is 19.5. The first-order chi connectivity index (χ1) is 11.7. The van der Waals surface area contributed by atoms with E-state index in [-0.39, 0.29) is 12.0 Å². The molecule has 1 fully saturated rings. The van der Waals surface area contributed by atoms with Gasteiger partial charge >= 0.3 is 0 Å². The number of aliphatic hydroxyl groups excluding tert-OH is 1.